The van der Waals surface area contributed by atoms with Crippen LogP contribution in [0, 0.1) is 6.92 Å². The van der Waals surface area contributed by atoms with Crippen LogP contribution in [-0.4, -0.2) is 31.1 Å². The molecular formula is C15H26IN3O2S. The van der Waals surface area contributed by atoms with Crippen molar-refractivity contribution in [1.29, 1.82) is 0 Å². The molecule has 1 rings (SSSR count). The lowest BCUT2D eigenvalue weighted by Gasteiger charge is -2.11. The number of carbonyl (C=O) groups excluding carboxylic acids is 1. The Labute approximate surface area is 154 Å². The Morgan fingerprint density at radius 1 is 1.36 bits per heavy atom. The minimum Gasteiger partial charge on any atom is -0.463 e. The number of rotatable bonds is 7. The molecule has 0 radical (unpaired) electrons. The lowest BCUT2D eigenvalue weighted by Crippen LogP contribution is -2.38. The van der Waals surface area contributed by atoms with E-state index in [1.807, 2.05) is 20.8 Å². The molecule has 5 nitrogen and oxygen atoms in total. The Bertz CT molecular complexity index is 475. The Balaban J connectivity index is 0.00000441. The largest absolute Gasteiger partial charge is 0.463 e. The number of aliphatic imine (C=N–C) groups is 1. The Morgan fingerprint density at radius 2 is 2.09 bits per heavy atom. The molecule has 0 amide bonds. The molecule has 22 heavy (non-hydrogen) atoms. The minimum absolute atomic E-state index is 0. The molecule has 7 heteroatoms. The first-order chi connectivity index (χ1) is 10.0. The van der Waals surface area contributed by atoms with E-state index in [2.05, 4.69) is 34.7 Å². The molecule has 0 aromatic carbocycles. The topological polar surface area (TPSA) is 62.7 Å². The van der Waals surface area contributed by atoms with Crippen LogP contribution < -0.4 is 10.6 Å². The van der Waals surface area contributed by atoms with Crippen molar-refractivity contribution in [3.8, 4) is 0 Å². The number of nitrogens with one attached hydrogen (secondary N) is 2. The summed E-state index contributed by atoms with van der Waals surface area (Å²) in [7, 11) is 0. The molecule has 0 saturated heterocycles. The molecule has 0 fully saturated rings. The number of carbonyl (C=O) groups is 1. The second kappa shape index (κ2) is 11.7. The van der Waals surface area contributed by atoms with Crippen LogP contribution in [0.3, 0.4) is 0 Å². The smallest absolute Gasteiger partial charge is 0.307 e. The van der Waals surface area contributed by atoms with Crippen LogP contribution >= 0.6 is 35.3 Å². The van der Waals surface area contributed by atoms with E-state index in [1.54, 1.807) is 11.3 Å². The van der Waals surface area contributed by atoms with Gasteiger partial charge >= 0.3 is 5.97 Å². The van der Waals surface area contributed by atoms with Crippen LogP contribution in [0.1, 0.15) is 36.9 Å². The number of hydrogen-bond donors (Lipinski definition) is 2. The average molecular weight is 439 g/mol. The summed E-state index contributed by atoms with van der Waals surface area (Å²) in [5.41, 5.74) is 0. The van der Waals surface area contributed by atoms with Crippen molar-refractivity contribution in [1.82, 2.24) is 10.6 Å². The third kappa shape index (κ3) is 9.24. The molecule has 0 bridgehead atoms. The van der Waals surface area contributed by atoms with Gasteiger partial charge in [0.25, 0.3) is 0 Å². The molecule has 2 N–H and O–H groups in total. The summed E-state index contributed by atoms with van der Waals surface area (Å²) in [6.45, 7) is 9.73. The summed E-state index contributed by atoms with van der Waals surface area (Å²) >= 11 is 1.75. The Kier molecular flexibility index (Phi) is 11.3. The van der Waals surface area contributed by atoms with E-state index in [9.17, 15) is 4.79 Å². The number of aryl methyl sites for hydroxylation is 1. The van der Waals surface area contributed by atoms with Crippen molar-refractivity contribution in [3.05, 3.63) is 21.9 Å². The van der Waals surface area contributed by atoms with E-state index < -0.39 is 0 Å². The van der Waals surface area contributed by atoms with Crippen LogP contribution in [0.25, 0.3) is 0 Å². The predicted molar refractivity (Wildman–Crippen MR) is 103 cm³/mol. The number of halogens is 1. The number of esters is 1. The van der Waals surface area contributed by atoms with Crippen LogP contribution in [0.15, 0.2) is 17.1 Å². The first-order valence-corrected chi connectivity index (χ1v) is 8.10. The third-order valence-corrected chi connectivity index (χ3v) is 3.51. The molecule has 0 saturated carbocycles. The number of guanidine groups is 1. The quantitative estimate of drug-likeness (QED) is 0.297. The highest BCUT2D eigenvalue weighted by atomic mass is 127. The summed E-state index contributed by atoms with van der Waals surface area (Å²) in [5.74, 6) is 0.531. The normalized spacial score (nSPS) is 11.0. The molecule has 0 atom stereocenters. The fourth-order valence-electron chi connectivity index (χ4n) is 1.67. The maximum atomic E-state index is 11.5. The fourth-order valence-corrected chi connectivity index (χ4v) is 2.49. The van der Waals surface area contributed by atoms with Gasteiger partial charge in [0.15, 0.2) is 5.96 Å². The molecule has 1 aromatic heterocycles. The molecular weight excluding hydrogens is 413 g/mol. The highest BCUT2D eigenvalue weighted by Crippen LogP contribution is 2.15. The molecule has 126 valence electrons. The van der Waals surface area contributed by atoms with Crippen molar-refractivity contribution >= 4 is 47.2 Å². The van der Waals surface area contributed by atoms with Crippen LogP contribution in [0.5, 0.6) is 0 Å². The van der Waals surface area contributed by atoms with Crippen molar-refractivity contribution in [2.75, 3.05) is 13.1 Å². The van der Waals surface area contributed by atoms with Gasteiger partial charge in [0.05, 0.1) is 19.1 Å². The minimum atomic E-state index is -0.192. The maximum Gasteiger partial charge on any atom is 0.307 e. The molecule has 0 unspecified atom stereocenters. The summed E-state index contributed by atoms with van der Waals surface area (Å²) in [6, 6.07) is 4.19. The van der Waals surface area contributed by atoms with Crippen molar-refractivity contribution in [2.45, 2.75) is 46.8 Å². The van der Waals surface area contributed by atoms with Gasteiger partial charge in [-0.3, -0.25) is 4.79 Å². The number of thiophene rings is 1. The van der Waals surface area contributed by atoms with Gasteiger partial charge in [0.2, 0.25) is 0 Å². The summed E-state index contributed by atoms with van der Waals surface area (Å²) < 4.78 is 5.09. The first kappa shape index (κ1) is 21.2. The van der Waals surface area contributed by atoms with Crippen LogP contribution in [0.4, 0.5) is 0 Å². The standard InChI is InChI=1S/C15H25N3O2S.HI/c1-5-16-15(17-9-8-14(19)20-11(2)3)18-10-13-7-6-12(4)21-13;/h6-7,11H,5,8-10H2,1-4H3,(H2,16,17,18);1H. The van der Waals surface area contributed by atoms with Gasteiger partial charge in [-0.05, 0) is 39.8 Å². The number of nitrogens with zero attached hydrogens (tertiary/aromatic N) is 1. The number of hydrogen-bond acceptors (Lipinski definition) is 4. The fraction of sp³-hybridized carbons (Fsp3) is 0.600. The van der Waals surface area contributed by atoms with Gasteiger partial charge in [0.1, 0.15) is 0 Å². The van der Waals surface area contributed by atoms with Gasteiger partial charge in [-0.15, -0.1) is 35.3 Å². The zero-order valence-electron chi connectivity index (χ0n) is 13.6. The SMILES string of the molecule is CCNC(=NCc1ccc(C)s1)NCCC(=O)OC(C)C.I. The zero-order chi connectivity index (χ0) is 15.7. The van der Waals surface area contributed by atoms with Gasteiger partial charge in [0, 0.05) is 22.8 Å². The van der Waals surface area contributed by atoms with Crippen molar-refractivity contribution < 1.29 is 9.53 Å². The summed E-state index contributed by atoms with van der Waals surface area (Å²) in [6.07, 6.45) is 0.266. The Morgan fingerprint density at radius 3 is 2.64 bits per heavy atom. The van der Waals surface area contributed by atoms with Gasteiger partial charge < -0.3 is 15.4 Å². The van der Waals surface area contributed by atoms with E-state index in [-0.39, 0.29) is 36.0 Å². The molecule has 1 heterocycles. The highest BCUT2D eigenvalue weighted by molar-refractivity contribution is 14.0. The lowest BCUT2D eigenvalue weighted by molar-refractivity contribution is -0.147. The van der Waals surface area contributed by atoms with E-state index in [4.69, 9.17) is 4.74 Å². The summed E-state index contributed by atoms with van der Waals surface area (Å²) in [5, 5.41) is 6.31. The highest BCUT2D eigenvalue weighted by Gasteiger charge is 2.06. The van der Waals surface area contributed by atoms with Crippen LogP contribution in [0.2, 0.25) is 0 Å². The average Bonchev–Trinajstić information content (AvgIpc) is 2.81. The van der Waals surface area contributed by atoms with Gasteiger partial charge in [-0.2, -0.15) is 0 Å². The molecule has 0 aliphatic rings. The monoisotopic (exact) mass is 439 g/mol. The first-order valence-electron chi connectivity index (χ1n) is 7.28. The molecule has 0 spiro atoms. The van der Waals surface area contributed by atoms with Crippen molar-refractivity contribution in [3.63, 3.8) is 0 Å². The lowest BCUT2D eigenvalue weighted by atomic mass is 10.4. The predicted octanol–water partition coefficient (Wildman–Crippen LogP) is 3.07. The van der Waals surface area contributed by atoms with Gasteiger partial charge in [-0.25, -0.2) is 4.99 Å². The third-order valence-electron chi connectivity index (χ3n) is 2.52. The zero-order valence-corrected chi connectivity index (χ0v) is 16.8. The molecule has 1 aromatic rings. The number of ether oxygens (including phenoxy) is 1. The van der Waals surface area contributed by atoms with Crippen molar-refractivity contribution in [2.24, 2.45) is 4.99 Å². The van der Waals surface area contributed by atoms with Gasteiger partial charge in [-0.1, -0.05) is 0 Å². The molecule has 0 aliphatic carbocycles. The summed E-state index contributed by atoms with van der Waals surface area (Å²) in [4.78, 5) is 18.5. The molecule has 0 aliphatic heterocycles. The van der Waals surface area contributed by atoms with E-state index in [0.29, 0.717) is 19.5 Å². The van der Waals surface area contributed by atoms with E-state index in [1.165, 1.54) is 9.75 Å². The second-order valence-electron chi connectivity index (χ2n) is 4.92. The van der Waals surface area contributed by atoms with E-state index >= 15 is 0 Å². The maximum absolute atomic E-state index is 11.5. The van der Waals surface area contributed by atoms with E-state index in [0.717, 1.165) is 12.5 Å². The van der Waals surface area contributed by atoms with Crippen LogP contribution in [-0.2, 0) is 16.1 Å². The Hall–Kier alpha value is -0.830. The second-order valence-corrected chi connectivity index (χ2v) is 6.30.